The number of aromatic nitrogens is 2. The van der Waals surface area contributed by atoms with Gasteiger partial charge in [-0.1, -0.05) is 48.0 Å². The molecule has 0 fully saturated rings. The van der Waals surface area contributed by atoms with Crippen molar-refractivity contribution < 1.29 is 5.11 Å². The van der Waals surface area contributed by atoms with Crippen LogP contribution < -0.4 is 0 Å². The minimum atomic E-state index is 0.0763. The van der Waals surface area contributed by atoms with Crippen LogP contribution in [0.25, 0.3) is 23.5 Å². The van der Waals surface area contributed by atoms with E-state index in [9.17, 15) is 5.11 Å². The highest BCUT2D eigenvalue weighted by Crippen LogP contribution is 2.28. The molecule has 2 aromatic heterocycles. The largest absolute Gasteiger partial charge is 0.506 e. The molecular formula is C18H13ClN2O. The van der Waals surface area contributed by atoms with Crippen molar-refractivity contribution >= 4 is 23.8 Å². The van der Waals surface area contributed by atoms with Crippen LogP contribution in [-0.2, 0) is 0 Å². The van der Waals surface area contributed by atoms with E-state index in [0.29, 0.717) is 5.02 Å². The van der Waals surface area contributed by atoms with Gasteiger partial charge in [0.25, 0.3) is 0 Å². The van der Waals surface area contributed by atoms with E-state index in [4.69, 9.17) is 11.6 Å². The van der Waals surface area contributed by atoms with E-state index < -0.39 is 0 Å². The Morgan fingerprint density at radius 1 is 0.864 bits per heavy atom. The van der Waals surface area contributed by atoms with E-state index >= 15 is 0 Å². The average molecular weight is 309 g/mol. The van der Waals surface area contributed by atoms with Gasteiger partial charge in [-0.05, 0) is 35.4 Å². The first-order valence-electron chi connectivity index (χ1n) is 6.77. The topological polar surface area (TPSA) is 46.0 Å². The van der Waals surface area contributed by atoms with Crippen molar-refractivity contribution in [3.05, 3.63) is 77.1 Å². The zero-order valence-corrected chi connectivity index (χ0v) is 12.4. The lowest BCUT2D eigenvalue weighted by Crippen LogP contribution is -1.86. The fraction of sp³-hybridized carbons (Fsp3) is 0. The van der Waals surface area contributed by atoms with Crippen LogP contribution in [0.3, 0.4) is 0 Å². The molecule has 0 radical (unpaired) electrons. The third-order valence-corrected chi connectivity index (χ3v) is 3.59. The lowest BCUT2D eigenvalue weighted by molar-refractivity contribution is 0.475. The molecule has 1 aromatic carbocycles. The van der Waals surface area contributed by atoms with Crippen molar-refractivity contribution in [2.24, 2.45) is 0 Å². The molecule has 3 aromatic rings. The Hall–Kier alpha value is -2.65. The first-order chi connectivity index (χ1) is 10.7. The SMILES string of the molecule is Oc1cccc(/C=C\c2ccc(-c3ccccn3)nc2)c1Cl. The number of pyridine rings is 2. The van der Waals surface area contributed by atoms with E-state index in [1.165, 1.54) is 0 Å². The second-order valence-electron chi connectivity index (χ2n) is 4.71. The molecular weight excluding hydrogens is 296 g/mol. The van der Waals surface area contributed by atoms with Gasteiger partial charge in [-0.2, -0.15) is 0 Å². The molecule has 0 saturated heterocycles. The molecule has 0 atom stereocenters. The van der Waals surface area contributed by atoms with Gasteiger partial charge in [0.2, 0.25) is 0 Å². The van der Waals surface area contributed by atoms with Gasteiger partial charge in [-0.15, -0.1) is 0 Å². The first kappa shape index (κ1) is 14.3. The molecule has 2 heterocycles. The van der Waals surface area contributed by atoms with Crippen molar-refractivity contribution in [3.8, 4) is 17.1 Å². The molecule has 0 amide bonds. The molecule has 3 nitrogen and oxygen atoms in total. The first-order valence-corrected chi connectivity index (χ1v) is 7.15. The predicted molar refractivity (Wildman–Crippen MR) is 89.5 cm³/mol. The van der Waals surface area contributed by atoms with Crippen LogP contribution in [0.15, 0.2) is 60.9 Å². The summed E-state index contributed by atoms with van der Waals surface area (Å²) in [5.74, 6) is 0.0763. The summed E-state index contributed by atoms with van der Waals surface area (Å²) in [6.45, 7) is 0. The number of phenols is 1. The zero-order chi connectivity index (χ0) is 15.4. The maximum Gasteiger partial charge on any atom is 0.134 e. The molecule has 22 heavy (non-hydrogen) atoms. The number of phenolic OH excluding ortho intramolecular Hbond substituents is 1. The summed E-state index contributed by atoms with van der Waals surface area (Å²) in [5, 5.41) is 9.92. The molecule has 0 bridgehead atoms. The van der Waals surface area contributed by atoms with Crippen molar-refractivity contribution in [1.29, 1.82) is 0 Å². The maximum absolute atomic E-state index is 9.57. The minimum absolute atomic E-state index is 0.0763. The highest BCUT2D eigenvalue weighted by Gasteiger charge is 2.02. The van der Waals surface area contributed by atoms with E-state index in [1.807, 2.05) is 48.6 Å². The fourth-order valence-electron chi connectivity index (χ4n) is 2.02. The summed E-state index contributed by atoms with van der Waals surface area (Å²) in [7, 11) is 0. The third-order valence-electron chi connectivity index (χ3n) is 3.18. The third kappa shape index (κ3) is 3.15. The number of hydrogen-bond acceptors (Lipinski definition) is 3. The van der Waals surface area contributed by atoms with Gasteiger partial charge in [-0.25, -0.2) is 0 Å². The molecule has 0 aliphatic rings. The number of aromatic hydroxyl groups is 1. The lowest BCUT2D eigenvalue weighted by Gasteiger charge is -2.01. The molecule has 0 aliphatic carbocycles. The summed E-state index contributed by atoms with van der Waals surface area (Å²) >= 11 is 6.04. The van der Waals surface area contributed by atoms with Gasteiger partial charge < -0.3 is 5.11 Å². The van der Waals surface area contributed by atoms with E-state index in [-0.39, 0.29) is 5.75 Å². The van der Waals surface area contributed by atoms with Gasteiger partial charge in [-0.3, -0.25) is 9.97 Å². The van der Waals surface area contributed by atoms with Crippen LogP contribution in [0.5, 0.6) is 5.75 Å². The number of halogens is 1. The Balaban J connectivity index is 1.82. The Bertz CT molecular complexity index is 799. The molecule has 0 spiro atoms. The normalized spacial score (nSPS) is 11.0. The zero-order valence-electron chi connectivity index (χ0n) is 11.6. The highest BCUT2D eigenvalue weighted by atomic mass is 35.5. The van der Waals surface area contributed by atoms with E-state index in [1.54, 1.807) is 24.5 Å². The second-order valence-corrected chi connectivity index (χ2v) is 5.08. The van der Waals surface area contributed by atoms with Crippen LogP contribution in [0.1, 0.15) is 11.1 Å². The molecule has 1 N–H and O–H groups in total. The predicted octanol–water partition coefficient (Wildman–Crippen LogP) is 4.67. The number of hydrogen-bond donors (Lipinski definition) is 1. The highest BCUT2D eigenvalue weighted by molar-refractivity contribution is 6.33. The van der Waals surface area contributed by atoms with E-state index in [0.717, 1.165) is 22.5 Å². The number of rotatable bonds is 3. The van der Waals surface area contributed by atoms with Crippen LogP contribution >= 0.6 is 11.6 Å². The van der Waals surface area contributed by atoms with Gasteiger partial charge in [0.15, 0.2) is 0 Å². The van der Waals surface area contributed by atoms with Crippen LogP contribution in [-0.4, -0.2) is 15.1 Å². The lowest BCUT2D eigenvalue weighted by atomic mass is 10.1. The molecule has 108 valence electrons. The average Bonchev–Trinajstić information content (AvgIpc) is 2.57. The van der Waals surface area contributed by atoms with Gasteiger partial charge in [0.1, 0.15) is 5.75 Å². The van der Waals surface area contributed by atoms with Crippen molar-refractivity contribution in [2.75, 3.05) is 0 Å². The maximum atomic E-state index is 9.57. The monoisotopic (exact) mass is 308 g/mol. The Morgan fingerprint density at radius 3 is 2.45 bits per heavy atom. The van der Waals surface area contributed by atoms with Crippen molar-refractivity contribution in [1.82, 2.24) is 9.97 Å². The summed E-state index contributed by atoms with van der Waals surface area (Å²) in [5.41, 5.74) is 3.37. The smallest absolute Gasteiger partial charge is 0.134 e. The summed E-state index contributed by atoms with van der Waals surface area (Å²) in [6.07, 6.45) is 7.27. The molecule has 0 unspecified atom stereocenters. The van der Waals surface area contributed by atoms with Gasteiger partial charge >= 0.3 is 0 Å². The Labute approximate surface area is 133 Å². The van der Waals surface area contributed by atoms with Crippen LogP contribution in [0.4, 0.5) is 0 Å². The van der Waals surface area contributed by atoms with Crippen LogP contribution in [0, 0.1) is 0 Å². The quantitative estimate of drug-likeness (QED) is 0.764. The number of nitrogens with zero attached hydrogens (tertiary/aromatic N) is 2. The number of benzene rings is 1. The summed E-state index contributed by atoms with van der Waals surface area (Å²) in [4.78, 5) is 8.67. The summed E-state index contributed by atoms with van der Waals surface area (Å²) < 4.78 is 0. The van der Waals surface area contributed by atoms with Crippen molar-refractivity contribution in [2.45, 2.75) is 0 Å². The molecule has 0 saturated carbocycles. The minimum Gasteiger partial charge on any atom is -0.506 e. The van der Waals surface area contributed by atoms with Crippen molar-refractivity contribution in [3.63, 3.8) is 0 Å². The Kier molecular flexibility index (Phi) is 4.17. The fourth-order valence-corrected chi connectivity index (χ4v) is 2.21. The van der Waals surface area contributed by atoms with Crippen LogP contribution in [0.2, 0.25) is 5.02 Å². The second kappa shape index (κ2) is 6.41. The van der Waals surface area contributed by atoms with Gasteiger partial charge in [0, 0.05) is 12.4 Å². The Morgan fingerprint density at radius 2 is 1.73 bits per heavy atom. The molecule has 0 aliphatic heterocycles. The molecule has 3 rings (SSSR count). The standard InChI is InChI=1S/C18H13ClN2O/c19-18-14(4-3-6-17(18)22)9-7-13-8-10-16(21-12-13)15-5-1-2-11-20-15/h1-12,22H/b9-7-. The van der Waals surface area contributed by atoms with E-state index in [2.05, 4.69) is 9.97 Å². The molecule has 4 heteroatoms. The summed E-state index contributed by atoms with van der Waals surface area (Å²) in [6, 6.07) is 14.8. The van der Waals surface area contributed by atoms with Gasteiger partial charge in [0.05, 0.1) is 16.4 Å².